The molecular formula is C22H21FN2O3S. The minimum Gasteiger partial charge on any atom is -0.466 e. The van der Waals surface area contributed by atoms with Crippen molar-refractivity contribution in [3.8, 4) is 10.6 Å². The van der Waals surface area contributed by atoms with Crippen LogP contribution in [-0.2, 0) is 9.53 Å². The molecule has 3 heterocycles. The maximum Gasteiger partial charge on any atom is 0.310 e. The highest BCUT2D eigenvalue weighted by atomic mass is 32.1. The average molecular weight is 412 g/mol. The number of esters is 1. The van der Waals surface area contributed by atoms with Gasteiger partial charge in [-0.25, -0.2) is 9.37 Å². The number of nitrogens with zero attached hydrogens (tertiary/aromatic N) is 2. The fraction of sp³-hybridized carbons (Fsp3) is 0.318. The molecule has 1 aromatic carbocycles. The van der Waals surface area contributed by atoms with Crippen molar-refractivity contribution in [2.45, 2.75) is 19.8 Å². The Morgan fingerprint density at radius 2 is 2.17 bits per heavy atom. The Balaban J connectivity index is 1.72. The van der Waals surface area contributed by atoms with Gasteiger partial charge < -0.3 is 9.64 Å². The standard InChI is InChI=1S/C22H21FN2O3S/c1-2-28-22(27)14-5-3-9-25(13-14)21(26)17-12-19(20-6-4-10-29-20)24-18-8-7-15(23)11-16(17)18/h4,6-8,10-12,14H,2-3,5,9,13H2,1H3. The van der Waals surface area contributed by atoms with E-state index in [9.17, 15) is 14.0 Å². The van der Waals surface area contributed by atoms with E-state index < -0.39 is 5.82 Å². The molecular weight excluding hydrogens is 391 g/mol. The van der Waals surface area contributed by atoms with Crippen LogP contribution in [0.25, 0.3) is 21.5 Å². The fourth-order valence-corrected chi connectivity index (χ4v) is 4.40. The van der Waals surface area contributed by atoms with Gasteiger partial charge in [-0.05, 0) is 55.5 Å². The SMILES string of the molecule is CCOC(=O)C1CCCN(C(=O)c2cc(-c3cccs3)nc3ccc(F)cc23)C1. The van der Waals surface area contributed by atoms with Gasteiger partial charge in [0.25, 0.3) is 5.91 Å². The van der Waals surface area contributed by atoms with Crippen molar-refractivity contribution in [1.82, 2.24) is 9.88 Å². The van der Waals surface area contributed by atoms with E-state index >= 15 is 0 Å². The lowest BCUT2D eigenvalue weighted by atomic mass is 9.96. The van der Waals surface area contributed by atoms with Crippen molar-refractivity contribution >= 4 is 34.1 Å². The van der Waals surface area contributed by atoms with Crippen LogP contribution in [0.15, 0.2) is 41.8 Å². The van der Waals surface area contributed by atoms with E-state index in [2.05, 4.69) is 4.98 Å². The molecule has 29 heavy (non-hydrogen) atoms. The highest BCUT2D eigenvalue weighted by molar-refractivity contribution is 7.13. The fourth-order valence-electron chi connectivity index (χ4n) is 3.71. The predicted octanol–water partition coefficient (Wildman–Crippen LogP) is 4.52. The first-order valence-corrected chi connectivity index (χ1v) is 10.5. The number of amides is 1. The number of hydrogen-bond donors (Lipinski definition) is 0. The Bertz CT molecular complexity index is 1050. The number of ether oxygens (including phenoxy) is 1. The van der Waals surface area contributed by atoms with Crippen LogP contribution in [0.3, 0.4) is 0 Å². The smallest absolute Gasteiger partial charge is 0.310 e. The van der Waals surface area contributed by atoms with E-state index in [1.807, 2.05) is 17.5 Å². The molecule has 1 aliphatic rings. The molecule has 2 aromatic heterocycles. The molecule has 0 spiro atoms. The molecule has 0 aliphatic carbocycles. The number of piperidine rings is 1. The molecule has 0 N–H and O–H groups in total. The van der Waals surface area contributed by atoms with Gasteiger partial charge in [0.15, 0.2) is 0 Å². The Kier molecular flexibility index (Phi) is 5.58. The number of rotatable bonds is 4. The van der Waals surface area contributed by atoms with Gasteiger partial charge in [-0.3, -0.25) is 9.59 Å². The van der Waals surface area contributed by atoms with Crippen molar-refractivity contribution in [1.29, 1.82) is 0 Å². The molecule has 1 fully saturated rings. The minimum atomic E-state index is -0.416. The molecule has 1 atom stereocenters. The van der Waals surface area contributed by atoms with Crippen LogP contribution >= 0.6 is 11.3 Å². The first-order chi connectivity index (χ1) is 14.1. The van der Waals surface area contributed by atoms with Crippen LogP contribution in [0.1, 0.15) is 30.1 Å². The first-order valence-electron chi connectivity index (χ1n) is 9.67. The molecule has 0 bridgehead atoms. The number of benzene rings is 1. The molecule has 4 rings (SSSR count). The van der Waals surface area contributed by atoms with Gasteiger partial charge in [0.2, 0.25) is 0 Å². The van der Waals surface area contributed by atoms with E-state index in [0.29, 0.717) is 48.3 Å². The molecule has 0 radical (unpaired) electrons. The van der Waals surface area contributed by atoms with Crippen LogP contribution < -0.4 is 0 Å². The van der Waals surface area contributed by atoms with Crippen molar-refractivity contribution in [3.63, 3.8) is 0 Å². The van der Waals surface area contributed by atoms with Gasteiger partial charge in [-0.15, -0.1) is 11.3 Å². The average Bonchev–Trinajstić information content (AvgIpc) is 3.28. The van der Waals surface area contributed by atoms with E-state index in [-0.39, 0.29) is 17.8 Å². The number of carbonyl (C=O) groups is 2. The van der Waals surface area contributed by atoms with Gasteiger partial charge in [-0.1, -0.05) is 6.07 Å². The number of likely N-dealkylation sites (tertiary alicyclic amines) is 1. The normalized spacial score (nSPS) is 16.8. The third-order valence-corrected chi connectivity index (χ3v) is 6.00. The third kappa shape index (κ3) is 4.00. The van der Waals surface area contributed by atoms with Crippen molar-refractivity contribution < 1.29 is 18.7 Å². The highest BCUT2D eigenvalue weighted by Gasteiger charge is 2.30. The zero-order valence-corrected chi connectivity index (χ0v) is 16.9. The number of thiophene rings is 1. The quantitative estimate of drug-likeness (QED) is 0.591. The highest BCUT2D eigenvalue weighted by Crippen LogP contribution is 2.30. The lowest BCUT2D eigenvalue weighted by Crippen LogP contribution is -2.42. The second kappa shape index (κ2) is 8.29. The summed E-state index contributed by atoms with van der Waals surface area (Å²) in [4.78, 5) is 32.8. The molecule has 7 heteroatoms. The van der Waals surface area contributed by atoms with E-state index in [1.165, 1.54) is 23.5 Å². The summed E-state index contributed by atoms with van der Waals surface area (Å²) in [5, 5.41) is 2.43. The van der Waals surface area contributed by atoms with Gasteiger partial charge in [0.05, 0.1) is 34.2 Å². The molecule has 5 nitrogen and oxygen atoms in total. The molecule has 1 saturated heterocycles. The van der Waals surface area contributed by atoms with Gasteiger partial charge >= 0.3 is 5.97 Å². The molecule has 3 aromatic rings. The zero-order valence-electron chi connectivity index (χ0n) is 16.1. The third-order valence-electron chi connectivity index (χ3n) is 5.10. The van der Waals surface area contributed by atoms with Gasteiger partial charge in [0, 0.05) is 18.5 Å². The van der Waals surface area contributed by atoms with Gasteiger partial charge in [-0.2, -0.15) is 0 Å². The summed E-state index contributed by atoms with van der Waals surface area (Å²) < 4.78 is 19.1. The summed E-state index contributed by atoms with van der Waals surface area (Å²) in [6, 6.07) is 9.88. The lowest BCUT2D eigenvalue weighted by Gasteiger charge is -2.32. The molecule has 0 saturated carbocycles. The number of carbonyl (C=O) groups excluding carboxylic acids is 2. The first kappa shape index (κ1) is 19.5. The van der Waals surface area contributed by atoms with Crippen LogP contribution in [-0.4, -0.2) is 41.5 Å². The Morgan fingerprint density at radius 3 is 2.93 bits per heavy atom. The van der Waals surface area contributed by atoms with Crippen molar-refractivity contribution in [2.75, 3.05) is 19.7 Å². The topological polar surface area (TPSA) is 59.5 Å². The Morgan fingerprint density at radius 1 is 1.31 bits per heavy atom. The summed E-state index contributed by atoms with van der Waals surface area (Å²) in [5.41, 5.74) is 1.66. The van der Waals surface area contributed by atoms with Crippen molar-refractivity contribution in [3.05, 3.63) is 53.2 Å². The molecule has 1 unspecified atom stereocenters. The summed E-state index contributed by atoms with van der Waals surface area (Å²) in [5.74, 6) is -1.22. The molecule has 1 aliphatic heterocycles. The number of fused-ring (bicyclic) bond motifs is 1. The van der Waals surface area contributed by atoms with E-state index in [4.69, 9.17) is 4.74 Å². The Labute approximate surface area is 172 Å². The zero-order chi connectivity index (χ0) is 20.4. The summed E-state index contributed by atoms with van der Waals surface area (Å²) in [7, 11) is 0. The number of pyridine rings is 1. The van der Waals surface area contributed by atoms with E-state index in [0.717, 1.165) is 11.3 Å². The predicted molar refractivity (Wildman–Crippen MR) is 110 cm³/mol. The van der Waals surface area contributed by atoms with Gasteiger partial charge in [0.1, 0.15) is 5.82 Å². The monoisotopic (exact) mass is 412 g/mol. The van der Waals surface area contributed by atoms with Crippen LogP contribution in [0.2, 0.25) is 0 Å². The van der Waals surface area contributed by atoms with Crippen LogP contribution in [0.4, 0.5) is 4.39 Å². The Hall–Kier alpha value is -2.80. The van der Waals surface area contributed by atoms with Crippen LogP contribution in [0.5, 0.6) is 0 Å². The number of halogens is 1. The second-order valence-corrected chi connectivity index (χ2v) is 7.98. The van der Waals surface area contributed by atoms with Crippen molar-refractivity contribution in [2.24, 2.45) is 5.92 Å². The molecule has 1 amide bonds. The number of aromatic nitrogens is 1. The number of hydrogen-bond acceptors (Lipinski definition) is 5. The van der Waals surface area contributed by atoms with Crippen LogP contribution in [0, 0.1) is 11.7 Å². The minimum absolute atomic E-state index is 0.213. The second-order valence-electron chi connectivity index (χ2n) is 7.04. The summed E-state index contributed by atoms with van der Waals surface area (Å²) >= 11 is 1.53. The maximum absolute atomic E-state index is 13.9. The summed E-state index contributed by atoms with van der Waals surface area (Å²) in [6.07, 6.45) is 1.43. The maximum atomic E-state index is 13.9. The summed E-state index contributed by atoms with van der Waals surface area (Å²) in [6.45, 7) is 2.96. The lowest BCUT2D eigenvalue weighted by molar-refractivity contribution is -0.149. The molecule has 150 valence electrons. The van der Waals surface area contributed by atoms with E-state index in [1.54, 1.807) is 24.0 Å². The largest absolute Gasteiger partial charge is 0.466 e.